The van der Waals surface area contributed by atoms with Gasteiger partial charge in [-0.2, -0.15) is 5.10 Å². The van der Waals surface area contributed by atoms with Crippen LogP contribution in [-0.2, 0) is 19.6 Å². The minimum Gasteiger partial charge on any atom is -0.395 e. The molecule has 6 heteroatoms. The Kier molecular flexibility index (Phi) is 4.37. The van der Waals surface area contributed by atoms with Gasteiger partial charge < -0.3 is 16.2 Å². The number of nitrogens with one attached hydrogen (secondary N) is 2. The number of rotatable bonds is 5. The number of aromatic amines is 1. The number of anilines is 1. The monoisotopic (exact) mass is 274 g/mol. The number of nitrogens with zero attached hydrogens (tertiary/aromatic N) is 1. The maximum Gasteiger partial charge on any atom is 0.274 e. The van der Waals surface area contributed by atoms with E-state index in [1.807, 2.05) is 31.2 Å². The average molecular weight is 274 g/mol. The molecule has 0 bridgehead atoms. The lowest BCUT2D eigenvalue weighted by Gasteiger charge is -2.05. The van der Waals surface area contributed by atoms with Crippen molar-refractivity contribution < 1.29 is 9.90 Å². The summed E-state index contributed by atoms with van der Waals surface area (Å²) < 4.78 is 0. The zero-order chi connectivity index (χ0) is 14.5. The Morgan fingerprint density at radius 3 is 2.85 bits per heavy atom. The van der Waals surface area contributed by atoms with Gasteiger partial charge in [-0.15, -0.1) is 0 Å². The van der Waals surface area contributed by atoms with Crippen LogP contribution >= 0.6 is 0 Å². The Morgan fingerprint density at radius 2 is 2.20 bits per heavy atom. The topological polar surface area (TPSA) is 104 Å². The SMILES string of the molecule is CCc1[nH]nc(C(=O)NCc2cccc(CO)c2)c1N. The first-order valence-corrected chi connectivity index (χ1v) is 6.45. The highest BCUT2D eigenvalue weighted by Gasteiger charge is 2.15. The molecule has 0 spiro atoms. The Morgan fingerprint density at radius 1 is 1.45 bits per heavy atom. The molecular formula is C14H18N4O2. The van der Waals surface area contributed by atoms with Gasteiger partial charge >= 0.3 is 0 Å². The molecule has 5 N–H and O–H groups in total. The summed E-state index contributed by atoms with van der Waals surface area (Å²) in [6, 6.07) is 7.38. The lowest BCUT2D eigenvalue weighted by molar-refractivity contribution is 0.0947. The molecule has 0 fully saturated rings. The van der Waals surface area contributed by atoms with Gasteiger partial charge in [0.05, 0.1) is 18.0 Å². The van der Waals surface area contributed by atoms with Crippen LogP contribution in [0, 0.1) is 0 Å². The van der Waals surface area contributed by atoms with Crippen molar-refractivity contribution in [2.45, 2.75) is 26.5 Å². The van der Waals surface area contributed by atoms with Crippen molar-refractivity contribution in [2.24, 2.45) is 0 Å². The van der Waals surface area contributed by atoms with E-state index in [0.29, 0.717) is 18.7 Å². The van der Waals surface area contributed by atoms with Crippen molar-refractivity contribution >= 4 is 11.6 Å². The molecular weight excluding hydrogens is 256 g/mol. The predicted molar refractivity (Wildman–Crippen MR) is 75.9 cm³/mol. The van der Waals surface area contributed by atoms with Gasteiger partial charge in [-0.25, -0.2) is 0 Å². The molecule has 0 unspecified atom stereocenters. The molecule has 0 aliphatic carbocycles. The number of amides is 1. The molecule has 1 aromatic carbocycles. The molecule has 2 rings (SSSR count). The maximum atomic E-state index is 12.0. The van der Waals surface area contributed by atoms with Crippen LogP contribution in [0.25, 0.3) is 0 Å². The molecule has 1 aromatic heterocycles. The molecule has 0 atom stereocenters. The first kappa shape index (κ1) is 14.1. The van der Waals surface area contributed by atoms with E-state index >= 15 is 0 Å². The molecule has 106 valence electrons. The van der Waals surface area contributed by atoms with Crippen LogP contribution < -0.4 is 11.1 Å². The van der Waals surface area contributed by atoms with Gasteiger partial charge in [0.25, 0.3) is 5.91 Å². The Labute approximate surface area is 117 Å². The van der Waals surface area contributed by atoms with E-state index in [0.717, 1.165) is 16.8 Å². The zero-order valence-electron chi connectivity index (χ0n) is 11.3. The zero-order valence-corrected chi connectivity index (χ0v) is 11.3. The maximum absolute atomic E-state index is 12.0. The Hall–Kier alpha value is -2.34. The van der Waals surface area contributed by atoms with Crippen LogP contribution in [0.4, 0.5) is 5.69 Å². The quantitative estimate of drug-likeness (QED) is 0.652. The summed E-state index contributed by atoms with van der Waals surface area (Å²) in [7, 11) is 0. The van der Waals surface area contributed by atoms with Crippen molar-refractivity contribution in [2.75, 3.05) is 5.73 Å². The summed E-state index contributed by atoms with van der Waals surface area (Å²) in [6.45, 7) is 2.28. The average Bonchev–Trinajstić information content (AvgIpc) is 2.86. The third-order valence-electron chi connectivity index (χ3n) is 3.08. The van der Waals surface area contributed by atoms with Gasteiger partial charge in [0, 0.05) is 6.54 Å². The number of nitrogen functional groups attached to an aromatic ring is 1. The molecule has 2 aromatic rings. The third-order valence-corrected chi connectivity index (χ3v) is 3.08. The van der Waals surface area contributed by atoms with Gasteiger partial charge in [-0.05, 0) is 17.5 Å². The number of aryl methyl sites for hydroxylation is 1. The predicted octanol–water partition coefficient (Wildman–Crippen LogP) is 0.977. The summed E-state index contributed by atoms with van der Waals surface area (Å²) in [6.07, 6.45) is 0.699. The number of hydrogen-bond donors (Lipinski definition) is 4. The smallest absolute Gasteiger partial charge is 0.274 e. The summed E-state index contributed by atoms with van der Waals surface area (Å²) in [5.74, 6) is -0.312. The van der Waals surface area contributed by atoms with Crippen LogP contribution in [-0.4, -0.2) is 21.2 Å². The minimum atomic E-state index is -0.312. The lowest BCUT2D eigenvalue weighted by Crippen LogP contribution is -2.24. The number of aromatic nitrogens is 2. The Balaban J connectivity index is 2.02. The molecule has 6 nitrogen and oxygen atoms in total. The summed E-state index contributed by atoms with van der Waals surface area (Å²) in [4.78, 5) is 12.0. The van der Waals surface area contributed by atoms with Crippen LogP contribution in [0.2, 0.25) is 0 Å². The van der Waals surface area contributed by atoms with E-state index in [1.165, 1.54) is 0 Å². The van der Waals surface area contributed by atoms with Crippen LogP contribution in [0.15, 0.2) is 24.3 Å². The molecule has 20 heavy (non-hydrogen) atoms. The third kappa shape index (κ3) is 2.97. The largest absolute Gasteiger partial charge is 0.395 e. The van der Waals surface area contributed by atoms with Gasteiger partial charge in [0.1, 0.15) is 0 Å². The van der Waals surface area contributed by atoms with Gasteiger partial charge in [0.15, 0.2) is 5.69 Å². The fraction of sp³-hybridized carbons (Fsp3) is 0.286. The molecule has 0 radical (unpaired) electrons. The Bertz CT molecular complexity index is 607. The van der Waals surface area contributed by atoms with E-state index in [-0.39, 0.29) is 18.2 Å². The van der Waals surface area contributed by atoms with E-state index < -0.39 is 0 Å². The van der Waals surface area contributed by atoms with Crippen molar-refractivity contribution in [3.63, 3.8) is 0 Å². The number of carbonyl (C=O) groups excluding carboxylic acids is 1. The van der Waals surface area contributed by atoms with E-state index in [4.69, 9.17) is 10.8 Å². The fourth-order valence-electron chi connectivity index (χ4n) is 1.93. The lowest BCUT2D eigenvalue weighted by atomic mass is 10.1. The fourth-order valence-corrected chi connectivity index (χ4v) is 1.93. The van der Waals surface area contributed by atoms with Crippen molar-refractivity contribution in [1.82, 2.24) is 15.5 Å². The van der Waals surface area contributed by atoms with E-state index in [1.54, 1.807) is 0 Å². The number of aliphatic hydroxyl groups is 1. The molecule has 1 amide bonds. The highest BCUT2D eigenvalue weighted by molar-refractivity contribution is 5.97. The first-order chi connectivity index (χ1) is 9.65. The molecule has 0 saturated carbocycles. The van der Waals surface area contributed by atoms with Gasteiger partial charge in [0.2, 0.25) is 0 Å². The number of H-pyrrole nitrogens is 1. The van der Waals surface area contributed by atoms with Crippen molar-refractivity contribution in [3.8, 4) is 0 Å². The summed E-state index contributed by atoms with van der Waals surface area (Å²) in [5, 5.41) is 18.5. The van der Waals surface area contributed by atoms with Gasteiger partial charge in [-0.3, -0.25) is 9.89 Å². The van der Waals surface area contributed by atoms with Crippen LogP contribution in [0.1, 0.15) is 34.2 Å². The normalized spacial score (nSPS) is 10.5. The molecule has 0 aliphatic heterocycles. The second-order valence-corrected chi connectivity index (χ2v) is 4.48. The minimum absolute atomic E-state index is 0.0199. The molecule has 0 saturated heterocycles. The number of carbonyl (C=O) groups is 1. The highest BCUT2D eigenvalue weighted by Crippen LogP contribution is 2.14. The standard InChI is InChI=1S/C14H18N4O2/c1-2-11-12(15)13(18-17-11)14(20)16-7-9-4-3-5-10(6-9)8-19/h3-6,19H,2,7-8,15H2,1H3,(H,16,20)(H,17,18). The second-order valence-electron chi connectivity index (χ2n) is 4.48. The van der Waals surface area contributed by atoms with Gasteiger partial charge in [-0.1, -0.05) is 31.2 Å². The summed E-state index contributed by atoms with van der Waals surface area (Å²) >= 11 is 0. The molecule has 1 heterocycles. The number of nitrogens with two attached hydrogens (primary N) is 1. The van der Waals surface area contributed by atoms with Crippen molar-refractivity contribution in [3.05, 3.63) is 46.8 Å². The molecule has 0 aliphatic rings. The van der Waals surface area contributed by atoms with Crippen LogP contribution in [0.5, 0.6) is 0 Å². The van der Waals surface area contributed by atoms with E-state index in [2.05, 4.69) is 15.5 Å². The first-order valence-electron chi connectivity index (χ1n) is 6.45. The number of hydrogen-bond acceptors (Lipinski definition) is 4. The number of benzene rings is 1. The second kappa shape index (κ2) is 6.21. The van der Waals surface area contributed by atoms with Crippen molar-refractivity contribution in [1.29, 1.82) is 0 Å². The van der Waals surface area contributed by atoms with E-state index in [9.17, 15) is 4.79 Å². The van der Waals surface area contributed by atoms with Crippen LogP contribution in [0.3, 0.4) is 0 Å². The highest BCUT2D eigenvalue weighted by atomic mass is 16.3. The number of aliphatic hydroxyl groups excluding tert-OH is 1. The summed E-state index contributed by atoms with van der Waals surface area (Å²) in [5.41, 5.74) is 8.94.